The number of carbonyl (C=O) groups is 2. The van der Waals surface area contributed by atoms with E-state index in [4.69, 9.17) is 23.2 Å². The fraction of sp³-hybridized carbons (Fsp3) is 0.227. The van der Waals surface area contributed by atoms with Gasteiger partial charge in [0.15, 0.2) is 0 Å². The van der Waals surface area contributed by atoms with Gasteiger partial charge in [0.1, 0.15) is 23.2 Å². The minimum Gasteiger partial charge on any atom is -0.480 e. The minimum atomic E-state index is -1.27. The van der Waals surface area contributed by atoms with Gasteiger partial charge in [-0.25, -0.2) is 14.8 Å². The predicted molar refractivity (Wildman–Crippen MR) is 131 cm³/mol. The fourth-order valence-electron chi connectivity index (χ4n) is 2.99. The number of carbonyl (C=O) groups excluding carboxylic acids is 1. The Labute approximate surface area is 208 Å². The van der Waals surface area contributed by atoms with Crippen molar-refractivity contribution in [1.82, 2.24) is 15.0 Å². The van der Waals surface area contributed by atoms with Gasteiger partial charge in [-0.3, -0.25) is 14.0 Å². The summed E-state index contributed by atoms with van der Waals surface area (Å²) in [5.41, 5.74) is 1.31. The van der Waals surface area contributed by atoms with E-state index in [1.807, 2.05) is 6.92 Å². The van der Waals surface area contributed by atoms with Gasteiger partial charge < -0.3 is 15.7 Å². The van der Waals surface area contributed by atoms with Gasteiger partial charge in [-0.2, -0.15) is 0 Å². The van der Waals surface area contributed by atoms with E-state index < -0.39 is 28.7 Å². The van der Waals surface area contributed by atoms with E-state index in [2.05, 4.69) is 25.6 Å². The molecule has 0 aliphatic heterocycles. The predicted octanol–water partition coefficient (Wildman–Crippen LogP) is 4.06. The zero-order valence-electron chi connectivity index (χ0n) is 18.0. The van der Waals surface area contributed by atoms with Crippen molar-refractivity contribution in [2.45, 2.75) is 30.8 Å². The summed E-state index contributed by atoms with van der Waals surface area (Å²) in [6.45, 7) is 1.92. The number of amides is 1. The Morgan fingerprint density at radius 3 is 2.41 bits per heavy atom. The van der Waals surface area contributed by atoms with Crippen LogP contribution in [0, 0.1) is 0 Å². The van der Waals surface area contributed by atoms with Crippen molar-refractivity contribution in [3.63, 3.8) is 0 Å². The van der Waals surface area contributed by atoms with E-state index in [9.17, 15) is 18.9 Å². The molecule has 3 aromatic rings. The molecule has 34 heavy (non-hydrogen) atoms. The van der Waals surface area contributed by atoms with Crippen LogP contribution >= 0.6 is 23.2 Å². The Bertz CT molecular complexity index is 1190. The van der Waals surface area contributed by atoms with Crippen LogP contribution < -0.4 is 10.6 Å². The highest BCUT2D eigenvalue weighted by molar-refractivity contribution is 7.84. The first-order valence-corrected chi connectivity index (χ1v) is 12.2. The summed E-state index contributed by atoms with van der Waals surface area (Å²) in [5.74, 6) is -0.831. The van der Waals surface area contributed by atoms with E-state index in [1.165, 1.54) is 24.8 Å². The van der Waals surface area contributed by atoms with E-state index in [1.54, 1.807) is 24.3 Å². The van der Waals surface area contributed by atoms with Crippen LogP contribution in [-0.4, -0.2) is 47.9 Å². The molecule has 0 aliphatic carbocycles. The average Bonchev–Trinajstić information content (AvgIpc) is 2.80. The Morgan fingerprint density at radius 1 is 1.12 bits per heavy atom. The molecule has 2 unspecified atom stereocenters. The summed E-state index contributed by atoms with van der Waals surface area (Å²) in [6.07, 6.45) is 4.78. The lowest BCUT2D eigenvalue weighted by Crippen LogP contribution is -2.32. The van der Waals surface area contributed by atoms with E-state index in [-0.39, 0.29) is 27.8 Å². The molecule has 2 heterocycles. The third-order valence-electron chi connectivity index (χ3n) is 4.62. The Kier molecular flexibility index (Phi) is 8.91. The SMILES string of the molecule is CCCS(=O)c1cc(NC(Cc2ccc(NC(=O)c3c(Cl)cncc3Cl)cc2)C(=O)O)ncn1. The number of nitrogens with one attached hydrogen (secondary N) is 2. The molecule has 0 saturated carbocycles. The van der Waals surface area contributed by atoms with Crippen molar-refractivity contribution in [1.29, 1.82) is 0 Å². The molecule has 1 aromatic carbocycles. The zero-order chi connectivity index (χ0) is 24.7. The molecule has 0 spiro atoms. The molecule has 0 radical (unpaired) electrons. The maximum atomic E-state index is 12.5. The maximum Gasteiger partial charge on any atom is 0.326 e. The van der Waals surface area contributed by atoms with E-state index in [0.717, 1.165) is 6.42 Å². The highest BCUT2D eigenvalue weighted by Gasteiger charge is 2.20. The van der Waals surface area contributed by atoms with E-state index >= 15 is 0 Å². The molecule has 0 saturated heterocycles. The van der Waals surface area contributed by atoms with Crippen molar-refractivity contribution in [2.75, 3.05) is 16.4 Å². The van der Waals surface area contributed by atoms with Crippen molar-refractivity contribution in [2.24, 2.45) is 0 Å². The molecular weight excluding hydrogens is 501 g/mol. The summed E-state index contributed by atoms with van der Waals surface area (Å²) < 4.78 is 12.2. The maximum absolute atomic E-state index is 12.5. The van der Waals surface area contributed by atoms with Crippen LogP contribution in [0.25, 0.3) is 0 Å². The first-order chi connectivity index (χ1) is 16.3. The lowest BCUT2D eigenvalue weighted by atomic mass is 10.1. The van der Waals surface area contributed by atoms with Gasteiger partial charge >= 0.3 is 5.97 Å². The smallest absolute Gasteiger partial charge is 0.326 e. The molecule has 3 rings (SSSR count). The number of rotatable bonds is 10. The number of nitrogens with zero attached hydrogens (tertiary/aromatic N) is 3. The Hall–Kier alpha value is -3.08. The second-order valence-corrected chi connectivity index (χ2v) is 9.49. The first kappa shape index (κ1) is 25.5. The standard InChI is InChI=1S/C22H21Cl2N5O4S/c1-2-7-34(33)19-9-18(26-12-27-19)29-17(22(31)32)8-13-3-5-14(6-4-13)28-21(30)20-15(23)10-25-11-16(20)24/h3-6,9-12,17H,2,7-8H2,1H3,(H,28,30)(H,31,32)(H,26,27,29). The third-order valence-corrected chi connectivity index (χ3v) is 6.66. The number of aliphatic carboxylic acids is 1. The Morgan fingerprint density at radius 2 is 1.79 bits per heavy atom. The summed E-state index contributed by atoms with van der Waals surface area (Å²) in [5, 5.41) is 15.8. The number of anilines is 2. The van der Waals surface area contributed by atoms with Crippen LogP contribution in [-0.2, 0) is 22.0 Å². The van der Waals surface area contributed by atoms with Gasteiger partial charge in [0.25, 0.3) is 5.91 Å². The Balaban J connectivity index is 1.68. The molecule has 0 bridgehead atoms. The van der Waals surface area contributed by atoms with Crippen molar-refractivity contribution >= 4 is 57.4 Å². The zero-order valence-corrected chi connectivity index (χ0v) is 20.3. The molecule has 2 aromatic heterocycles. The van der Waals surface area contributed by atoms with Crippen molar-refractivity contribution in [3.05, 3.63) is 70.2 Å². The monoisotopic (exact) mass is 521 g/mol. The molecule has 1 amide bonds. The lowest BCUT2D eigenvalue weighted by Gasteiger charge is -2.16. The van der Waals surface area contributed by atoms with Crippen molar-refractivity contribution < 1.29 is 18.9 Å². The van der Waals surface area contributed by atoms with Gasteiger partial charge in [-0.15, -0.1) is 0 Å². The van der Waals surface area contributed by atoms with Gasteiger partial charge in [0.2, 0.25) is 0 Å². The van der Waals surface area contributed by atoms with Crippen LogP contribution in [0.5, 0.6) is 0 Å². The van der Waals surface area contributed by atoms with Gasteiger partial charge in [0, 0.05) is 36.3 Å². The number of carboxylic acids is 1. The van der Waals surface area contributed by atoms with Crippen LogP contribution in [0.2, 0.25) is 10.0 Å². The number of benzene rings is 1. The summed E-state index contributed by atoms with van der Waals surface area (Å²) in [7, 11) is -1.27. The fourth-order valence-corrected chi connectivity index (χ4v) is 4.52. The summed E-state index contributed by atoms with van der Waals surface area (Å²) in [6, 6.07) is 7.19. The number of hydrogen-bond acceptors (Lipinski definition) is 7. The van der Waals surface area contributed by atoms with Crippen LogP contribution in [0.1, 0.15) is 29.3 Å². The summed E-state index contributed by atoms with van der Waals surface area (Å²) in [4.78, 5) is 36.2. The molecule has 0 fully saturated rings. The highest BCUT2D eigenvalue weighted by Crippen LogP contribution is 2.24. The molecule has 2 atom stereocenters. The first-order valence-electron chi connectivity index (χ1n) is 10.2. The van der Waals surface area contributed by atoms with Crippen LogP contribution in [0.3, 0.4) is 0 Å². The van der Waals surface area contributed by atoms with Crippen LogP contribution in [0.4, 0.5) is 11.5 Å². The topological polar surface area (TPSA) is 134 Å². The van der Waals surface area contributed by atoms with Gasteiger partial charge in [-0.05, 0) is 24.1 Å². The van der Waals surface area contributed by atoms with Gasteiger partial charge in [0.05, 0.1) is 26.4 Å². The third kappa shape index (κ3) is 6.72. The number of pyridine rings is 1. The van der Waals surface area contributed by atoms with Gasteiger partial charge in [-0.1, -0.05) is 42.3 Å². The molecule has 0 aliphatic rings. The number of carboxylic acid groups (broad SMARTS) is 1. The second-order valence-electron chi connectivity index (χ2n) is 7.16. The van der Waals surface area contributed by atoms with Crippen molar-refractivity contribution in [3.8, 4) is 0 Å². The van der Waals surface area contributed by atoms with Crippen LogP contribution in [0.15, 0.2) is 54.1 Å². The van der Waals surface area contributed by atoms with E-state index in [0.29, 0.717) is 22.0 Å². The normalized spacial score (nSPS) is 12.6. The molecule has 9 nitrogen and oxygen atoms in total. The average molecular weight is 522 g/mol. The number of halogens is 2. The highest BCUT2D eigenvalue weighted by atomic mass is 35.5. The number of aromatic nitrogens is 3. The second kappa shape index (κ2) is 11.9. The quantitative estimate of drug-likeness (QED) is 0.340. The lowest BCUT2D eigenvalue weighted by molar-refractivity contribution is -0.137. The number of hydrogen-bond donors (Lipinski definition) is 3. The molecular formula is C22H21Cl2N5O4S. The largest absolute Gasteiger partial charge is 0.480 e. The molecule has 3 N–H and O–H groups in total. The minimum absolute atomic E-state index is 0.113. The molecule has 178 valence electrons. The molecule has 12 heteroatoms. The summed E-state index contributed by atoms with van der Waals surface area (Å²) >= 11 is 12.0.